The maximum absolute atomic E-state index is 10.5. The quantitative estimate of drug-likeness (QED) is 0.290. The summed E-state index contributed by atoms with van der Waals surface area (Å²) in [5.41, 5.74) is 0. The van der Waals surface area contributed by atoms with Crippen molar-refractivity contribution >= 4 is 5.97 Å². The van der Waals surface area contributed by atoms with E-state index < -0.39 is 0 Å². The minimum Gasteiger partial charge on any atom is -1.00 e. The zero-order chi connectivity index (χ0) is 7.11. The third-order valence-corrected chi connectivity index (χ3v) is 1.21. The average Bonchev–Trinajstić information content (AvgIpc) is 1.89. The number of esters is 1. The van der Waals surface area contributed by atoms with Gasteiger partial charge in [-0.3, -0.25) is 4.79 Å². The largest absolute Gasteiger partial charge is 1.00 e. The van der Waals surface area contributed by atoms with Crippen LogP contribution in [0.15, 0.2) is 0 Å². The predicted molar refractivity (Wildman–Crippen MR) is 37.3 cm³/mol. The number of carbonyl (C=O) groups is 1. The normalized spacial score (nSPS) is 8.20. The molecule has 0 N–H and O–H groups in total. The summed E-state index contributed by atoms with van der Waals surface area (Å²) in [5.74, 6) is -0.0940. The van der Waals surface area contributed by atoms with E-state index in [2.05, 4.69) is 11.7 Å². The molecule has 10 heavy (non-hydrogen) atoms. The molecule has 0 amide bonds. The van der Waals surface area contributed by atoms with Crippen molar-refractivity contribution in [2.24, 2.45) is 0 Å². The first-order valence-electron chi connectivity index (χ1n) is 3.38. The Balaban J connectivity index is -0.000000320. The Labute approximate surface area is 86.1 Å². The van der Waals surface area contributed by atoms with Gasteiger partial charge in [-0.15, -0.1) is 0 Å². The third-order valence-electron chi connectivity index (χ3n) is 1.21. The van der Waals surface area contributed by atoms with Crippen molar-refractivity contribution in [2.75, 3.05) is 7.11 Å². The van der Waals surface area contributed by atoms with Crippen LogP contribution < -0.4 is 29.6 Å². The smallest absolute Gasteiger partial charge is 1.00 e. The van der Waals surface area contributed by atoms with Crippen LogP contribution in [0.5, 0.6) is 0 Å². The second-order valence-electron chi connectivity index (χ2n) is 2.03. The van der Waals surface area contributed by atoms with E-state index in [0.717, 1.165) is 19.3 Å². The fourth-order valence-corrected chi connectivity index (χ4v) is 0.621. The summed E-state index contributed by atoms with van der Waals surface area (Å²) in [6.07, 6.45) is 3.81. The molecular formula is C7H15NaO2. The molecule has 0 aromatic heterocycles. The molecule has 0 bridgehead atoms. The first kappa shape index (κ1) is 13.1. The minimum atomic E-state index is -0.0940. The van der Waals surface area contributed by atoms with Gasteiger partial charge in [-0.2, -0.15) is 0 Å². The summed E-state index contributed by atoms with van der Waals surface area (Å²) in [6.45, 7) is 2.11. The van der Waals surface area contributed by atoms with E-state index in [-0.39, 0.29) is 37.0 Å². The van der Waals surface area contributed by atoms with Crippen molar-refractivity contribution in [2.45, 2.75) is 32.6 Å². The monoisotopic (exact) mass is 154 g/mol. The first-order chi connectivity index (χ1) is 4.31. The molecule has 0 radical (unpaired) electrons. The Morgan fingerprint density at radius 3 is 2.50 bits per heavy atom. The molecule has 0 aromatic carbocycles. The number of ether oxygens (including phenoxy) is 1. The minimum absolute atomic E-state index is 0. The van der Waals surface area contributed by atoms with Crippen molar-refractivity contribution in [3.8, 4) is 0 Å². The fourth-order valence-electron chi connectivity index (χ4n) is 0.621. The van der Waals surface area contributed by atoms with Crippen LogP contribution in [0, 0.1) is 0 Å². The Hall–Kier alpha value is 0.470. The number of methoxy groups -OCH3 is 1. The van der Waals surface area contributed by atoms with E-state index in [1.807, 2.05) is 0 Å². The molecule has 0 atom stereocenters. The summed E-state index contributed by atoms with van der Waals surface area (Å²) in [4.78, 5) is 10.5. The van der Waals surface area contributed by atoms with E-state index in [9.17, 15) is 4.79 Å². The second-order valence-corrected chi connectivity index (χ2v) is 2.03. The van der Waals surface area contributed by atoms with Gasteiger partial charge in [-0.25, -0.2) is 0 Å². The van der Waals surface area contributed by atoms with Crippen molar-refractivity contribution < 1.29 is 40.5 Å². The van der Waals surface area contributed by atoms with Gasteiger partial charge < -0.3 is 6.16 Å². The van der Waals surface area contributed by atoms with Crippen LogP contribution in [-0.2, 0) is 9.53 Å². The Morgan fingerprint density at radius 1 is 1.50 bits per heavy atom. The average molecular weight is 154 g/mol. The molecule has 0 rings (SSSR count). The number of carbonyl (C=O) groups excluding carboxylic acids is 1. The molecule has 2 nitrogen and oxygen atoms in total. The summed E-state index contributed by atoms with van der Waals surface area (Å²) in [7, 11) is 1.42. The van der Waals surface area contributed by atoms with Crippen molar-refractivity contribution in [1.82, 2.24) is 0 Å². The molecule has 0 unspecified atom stereocenters. The third kappa shape index (κ3) is 8.47. The van der Waals surface area contributed by atoms with Crippen molar-refractivity contribution in [3.63, 3.8) is 0 Å². The van der Waals surface area contributed by atoms with Crippen LogP contribution in [-0.4, -0.2) is 13.1 Å². The van der Waals surface area contributed by atoms with E-state index in [1.54, 1.807) is 0 Å². The number of rotatable bonds is 4. The van der Waals surface area contributed by atoms with Gasteiger partial charge in [0.2, 0.25) is 0 Å². The summed E-state index contributed by atoms with van der Waals surface area (Å²) in [6, 6.07) is 0. The zero-order valence-corrected chi connectivity index (χ0v) is 9.14. The van der Waals surface area contributed by atoms with Gasteiger partial charge in [0.05, 0.1) is 7.11 Å². The molecule has 0 aliphatic carbocycles. The van der Waals surface area contributed by atoms with Crippen LogP contribution >= 0.6 is 0 Å². The number of hydrogen-bond donors (Lipinski definition) is 0. The van der Waals surface area contributed by atoms with Crippen LogP contribution in [0.1, 0.15) is 34.0 Å². The SMILES string of the molecule is CCCCCC(=O)OC.[H-].[Na+]. The fraction of sp³-hybridized carbons (Fsp3) is 0.857. The number of hydrogen-bond acceptors (Lipinski definition) is 2. The first-order valence-corrected chi connectivity index (χ1v) is 3.38. The van der Waals surface area contributed by atoms with Crippen LogP contribution in [0.25, 0.3) is 0 Å². The van der Waals surface area contributed by atoms with Crippen LogP contribution in [0.4, 0.5) is 0 Å². The van der Waals surface area contributed by atoms with E-state index >= 15 is 0 Å². The molecule has 0 aliphatic heterocycles. The summed E-state index contributed by atoms with van der Waals surface area (Å²) in [5, 5.41) is 0. The second kappa shape index (κ2) is 9.47. The van der Waals surface area contributed by atoms with Crippen LogP contribution in [0.2, 0.25) is 0 Å². The molecule has 0 spiro atoms. The van der Waals surface area contributed by atoms with Crippen LogP contribution in [0.3, 0.4) is 0 Å². The molecular weight excluding hydrogens is 139 g/mol. The van der Waals surface area contributed by atoms with Gasteiger partial charge >= 0.3 is 35.5 Å². The van der Waals surface area contributed by atoms with Crippen molar-refractivity contribution in [1.29, 1.82) is 0 Å². The molecule has 3 heteroatoms. The topological polar surface area (TPSA) is 26.3 Å². The summed E-state index contributed by atoms with van der Waals surface area (Å²) < 4.78 is 4.46. The van der Waals surface area contributed by atoms with E-state index in [0.29, 0.717) is 6.42 Å². The molecule has 0 heterocycles. The molecule has 0 saturated heterocycles. The van der Waals surface area contributed by atoms with E-state index in [1.165, 1.54) is 7.11 Å². The van der Waals surface area contributed by atoms with Gasteiger partial charge in [-0.1, -0.05) is 19.8 Å². The predicted octanol–water partition coefficient (Wildman–Crippen LogP) is -1.14. The zero-order valence-electron chi connectivity index (χ0n) is 8.14. The molecule has 0 saturated carbocycles. The maximum Gasteiger partial charge on any atom is 1.00 e. The molecule has 0 aliphatic rings. The van der Waals surface area contributed by atoms with Gasteiger partial charge in [0.25, 0.3) is 0 Å². The van der Waals surface area contributed by atoms with Gasteiger partial charge in [0.15, 0.2) is 0 Å². The molecule has 56 valence electrons. The summed E-state index contributed by atoms with van der Waals surface area (Å²) >= 11 is 0. The van der Waals surface area contributed by atoms with E-state index in [4.69, 9.17) is 0 Å². The maximum atomic E-state index is 10.5. The molecule has 0 aromatic rings. The molecule has 0 fully saturated rings. The van der Waals surface area contributed by atoms with Gasteiger partial charge in [0.1, 0.15) is 0 Å². The van der Waals surface area contributed by atoms with Crippen molar-refractivity contribution in [3.05, 3.63) is 0 Å². The Bertz CT molecular complexity index is 88.5. The Morgan fingerprint density at radius 2 is 2.10 bits per heavy atom. The van der Waals surface area contributed by atoms with Gasteiger partial charge in [0, 0.05) is 6.42 Å². The Kier molecular flexibility index (Phi) is 12.4. The standard InChI is InChI=1S/C7H14O2.Na.H/c1-3-4-5-6-7(8)9-2;;/h3-6H2,1-2H3;;/q;+1;-1. The number of unbranched alkanes of at least 4 members (excludes halogenated alkanes) is 2. The van der Waals surface area contributed by atoms with Gasteiger partial charge in [-0.05, 0) is 6.42 Å².